The lowest BCUT2D eigenvalue weighted by molar-refractivity contribution is 0.484. The molecular formula is C14H9N3O3S. The highest BCUT2D eigenvalue weighted by Crippen LogP contribution is 2.28. The van der Waals surface area contributed by atoms with E-state index in [1.54, 1.807) is 36.4 Å². The van der Waals surface area contributed by atoms with E-state index >= 15 is 0 Å². The number of benzene rings is 2. The maximum atomic E-state index is 11.4. The molecule has 0 unspecified atom stereocenters. The van der Waals surface area contributed by atoms with Gasteiger partial charge in [-0.2, -0.15) is 18.9 Å². The fraction of sp³-hybridized carbons (Fsp3) is 0. The minimum Gasteiger partial charge on any atom is -0.359 e. The summed E-state index contributed by atoms with van der Waals surface area (Å²) >= 11 is 0. The van der Waals surface area contributed by atoms with E-state index in [0.29, 0.717) is 16.5 Å². The number of rotatable bonds is 3. The summed E-state index contributed by atoms with van der Waals surface area (Å²) < 4.78 is 31.9. The van der Waals surface area contributed by atoms with Crippen molar-refractivity contribution in [2.24, 2.45) is 0 Å². The van der Waals surface area contributed by atoms with Gasteiger partial charge in [0.2, 0.25) is 0 Å². The molecule has 0 atom stereocenters. The summed E-state index contributed by atoms with van der Waals surface area (Å²) in [5.41, 5.74) is 0.402. The van der Waals surface area contributed by atoms with Gasteiger partial charge in [0, 0.05) is 22.7 Å². The van der Waals surface area contributed by atoms with Crippen LogP contribution in [-0.2, 0) is 10.1 Å². The van der Waals surface area contributed by atoms with Crippen molar-refractivity contribution < 1.29 is 13.0 Å². The maximum Gasteiger partial charge on any atom is 0.295 e. The number of hydrogen-bond donors (Lipinski definition) is 2. The van der Waals surface area contributed by atoms with E-state index in [1.165, 1.54) is 18.3 Å². The molecule has 0 spiro atoms. The first-order valence-electron chi connectivity index (χ1n) is 5.73. The second kappa shape index (κ2) is 5.63. The highest BCUT2D eigenvalue weighted by molar-refractivity contribution is 7.86. The van der Waals surface area contributed by atoms with Crippen LogP contribution in [0.4, 0.5) is 5.69 Å². The van der Waals surface area contributed by atoms with Crippen molar-refractivity contribution in [2.75, 3.05) is 5.32 Å². The quantitative estimate of drug-likeness (QED) is 0.664. The van der Waals surface area contributed by atoms with Crippen molar-refractivity contribution in [2.45, 2.75) is 4.90 Å². The predicted octanol–water partition coefficient (Wildman–Crippen LogP) is 2.43. The molecular weight excluding hydrogens is 290 g/mol. The summed E-state index contributed by atoms with van der Waals surface area (Å²) in [6.45, 7) is 0. The van der Waals surface area contributed by atoms with Gasteiger partial charge in [0.05, 0.1) is 0 Å². The Kier molecular flexibility index (Phi) is 3.90. The van der Waals surface area contributed by atoms with Crippen LogP contribution in [0.1, 0.15) is 0 Å². The Morgan fingerprint density at radius 2 is 1.71 bits per heavy atom. The number of anilines is 1. The fourth-order valence-electron chi connectivity index (χ4n) is 1.87. The van der Waals surface area contributed by atoms with Crippen molar-refractivity contribution in [1.29, 1.82) is 10.5 Å². The normalized spacial score (nSPS) is 10.4. The molecule has 0 bridgehead atoms. The third-order valence-electron chi connectivity index (χ3n) is 2.77. The molecule has 0 saturated heterocycles. The first kappa shape index (κ1) is 14.5. The van der Waals surface area contributed by atoms with Crippen molar-refractivity contribution in [3.63, 3.8) is 0 Å². The molecule has 0 heterocycles. The third-order valence-corrected chi connectivity index (χ3v) is 3.68. The standard InChI is InChI=1S/C14H9N3O3S/c15-7-10(8-16)9-17-13-5-1-4-12-11(13)3-2-6-14(12)21(18,19)20/h1-6,9,17H,(H,18,19,20). The lowest BCUT2D eigenvalue weighted by Gasteiger charge is -2.08. The van der Waals surface area contributed by atoms with Gasteiger partial charge in [-0.1, -0.05) is 24.3 Å². The molecule has 0 fully saturated rings. The average molecular weight is 299 g/mol. The van der Waals surface area contributed by atoms with Gasteiger partial charge in [0.1, 0.15) is 22.6 Å². The number of allylic oxidation sites excluding steroid dienone is 1. The molecule has 0 aliphatic rings. The molecule has 6 nitrogen and oxygen atoms in total. The summed E-state index contributed by atoms with van der Waals surface area (Å²) in [5, 5.41) is 21.0. The summed E-state index contributed by atoms with van der Waals surface area (Å²) in [6, 6.07) is 12.7. The molecule has 7 heteroatoms. The molecule has 2 aromatic rings. The van der Waals surface area contributed by atoms with E-state index in [0.717, 1.165) is 0 Å². The van der Waals surface area contributed by atoms with Crippen LogP contribution >= 0.6 is 0 Å². The highest BCUT2D eigenvalue weighted by atomic mass is 32.2. The van der Waals surface area contributed by atoms with E-state index in [4.69, 9.17) is 10.5 Å². The van der Waals surface area contributed by atoms with Crippen molar-refractivity contribution in [3.05, 3.63) is 48.2 Å². The van der Waals surface area contributed by atoms with Crippen LogP contribution in [-0.4, -0.2) is 13.0 Å². The Morgan fingerprint density at radius 3 is 2.33 bits per heavy atom. The number of hydrogen-bond acceptors (Lipinski definition) is 5. The van der Waals surface area contributed by atoms with Crippen LogP contribution < -0.4 is 5.32 Å². The number of nitriles is 2. The Balaban J connectivity index is 2.62. The Bertz CT molecular complexity index is 903. The van der Waals surface area contributed by atoms with Gasteiger partial charge in [-0.05, 0) is 12.1 Å². The van der Waals surface area contributed by atoms with Crippen LogP contribution in [0.25, 0.3) is 10.8 Å². The molecule has 2 aromatic carbocycles. The second-order valence-corrected chi connectivity index (χ2v) is 5.45. The molecule has 0 saturated carbocycles. The van der Waals surface area contributed by atoms with E-state index in [9.17, 15) is 13.0 Å². The number of nitrogens with zero attached hydrogens (tertiary/aromatic N) is 2. The lowest BCUT2D eigenvalue weighted by atomic mass is 10.1. The van der Waals surface area contributed by atoms with Gasteiger partial charge in [-0.25, -0.2) is 0 Å². The van der Waals surface area contributed by atoms with Crippen LogP contribution in [0.15, 0.2) is 53.1 Å². The Labute approximate surface area is 121 Å². The molecule has 2 rings (SSSR count). The fourth-order valence-corrected chi connectivity index (χ4v) is 2.58. The second-order valence-electron chi connectivity index (χ2n) is 4.06. The van der Waals surface area contributed by atoms with Gasteiger partial charge < -0.3 is 5.32 Å². The zero-order valence-electron chi connectivity index (χ0n) is 10.6. The molecule has 0 aliphatic carbocycles. The Hall–Kier alpha value is -2.87. The van der Waals surface area contributed by atoms with Gasteiger partial charge >= 0.3 is 0 Å². The lowest BCUT2D eigenvalue weighted by Crippen LogP contribution is -2.00. The van der Waals surface area contributed by atoms with E-state index in [1.807, 2.05) is 0 Å². The smallest absolute Gasteiger partial charge is 0.295 e. The average Bonchev–Trinajstić information content (AvgIpc) is 2.46. The van der Waals surface area contributed by atoms with Crippen molar-refractivity contribution >= 4 is 26.6 Å². The molecule has 2 N–H and O–H groups in total. The van der Waals surface area contributed by atoms with Gasteiger partial charge in [0.25, 0.3) is 10.1 Å². The molecule has 104 valence electrons. The maximum absolute atomic E-state index is 11.4. The van der Waals surface area contributed by atoms with Crippen LogP contribution in [0, 0.1) is 22.7 Å². The summed E-state index contributed by atoms with van der Waals surface area (Å²) in [7, 11) is -4.33. The molecule has 0 amide bonds. The SMILES string of the molecule is N#CC(C#N)=CNc1cccc2c(S(=O)(=O)O)cccc12. The third kappa shape index (κ3) is 3.00. The Morgan fingerprint density at radius 1 is 1.10 bits per heavy atom. The minimum absolute atomic E-state index is 0.113. The van der Waals surface area contributed by atoms with E-state index in [-0.39, 0.29) is 10.5 Å². The highest BCUT2D eigenvalue weighted by Gasteiger charge is 2.14. The molecule has 21 heavy (non-hydrogen) atoms. The van der Waals surface area contributed by atoms with Crippen molar-refractivity contribution in [3.8, 4) is 12.1 Å². The first-order chi connectivity index (χ1) is 9.97. The minimum atomic E-state index is -4.33. The molecule has 0 aromatic heterocycles. The largest absolute Gasteiger partial charge is 0.359 e. The predicted molar refractivity (Wildman–Crippen MR) is 76.7 cm³/mol. The number of fused-ring (bicyclic) bond motifs is 1. The first-order valence-corrected chi connectivity index (χ1v) is 7.17. The van der Waals surface area contributed by atoms with E-state index < -0.39 is 10.1 Å². The molecule has 0 aliphatic heterocycles. The topological polar surface area (TPSA) is 114 Å². The van der Waals surface area contributed by atoms with E-state index in [2.05, 4.69) is 5.32 Å². The van der Waals surface area contributed by atoms with Crippen LogP contribution in [0.3, 0.4) is 0 Å². The van der Waals surface area contributed by atoms with Gasteiger partial charge in [0.15, 0.2) is 0 Å². The number of nitrogens with one attached hydrogen (secondary N) is 1. The van der Waals surface area contributed by atoms with Crippen molar-refractivity contribution in [1.82, 2.24) is 0 Å². The zero-order valence-corrected chi connectivity index (χ0v) is 11.4. The summed E-state index contributed by atoms with van der Waals surface area (Å²) in [5.74, 6) is 0. The zero-order chi connectivity index (χ0) is 15.5. The van der Waals surface area contributed by atoms with Crippen LogP contribution in [0.2, 0.25) is 0 Å². The van der Waals surface area contributed by atoms with Gasteiger partial charge in [-0.15, -0.1) is 0 Å². The summed E-state index contributed by atoms with van der Waals surface area (Å²) in [4.78, 5) is -0.201. The monoisotopic (exact) mass is 299 g/mol. The van der Waals surface area contributed by atoms with Gasteiger partial charge in [-0.3, -0.25) is 4.55 Å². The van der Waals surface area contributed by atoms with Crippen LogP contribution in [0.5, 0.6) is 0 Å². The summed E-state index contributed by atoms with van der Waals surface area (Å²) in [6.07, 6.45) is 1.23. The molecule has 0 radical (unpaired) electrons.